The highest BCUT2D eigenvalue weighted by Crippen LogP contribution is 2.26. The summed E-state index contributed by atoms with van der Waals surface area (Å²) < 4.78 is 11.5. The fourth-order valence-electron chi connectivity index (χ4n) is 2.50. The van der Waals surface area contributed by atoms with E-state index in [2.05, 4.69) is 23.7 Å². The lowest BCUT2D eigenvalue weighted by atomic mass is 10.1. The summed E-state index contributed by atoms with van der Waals surface area (Å²) in [5.74, 6) is 1.92. The van der Waals surface area contributed by atoms with Crippen LogP contribution in [0.3, 0.4) is 0 Å². The Bertz CT molecular complexity index is 449. The first kappa shape index (κ1) is 15.9. The molecule has 0 aromatic carbocycles. The van der Waals surface area contributed by atoms with Crippen molar-refractivity contribution in [2.75, 3.05) is 36.9 Å². The van der Waals surface area contributed by atoms with E-state index in [1.807, 2.05) is 19.1 Å². The van der Waals surface area contributed by atoms with Crippen molar-refractivity contribution in [2.45, 2.75) is 39.7 Å². The summed E-state index contributed by atoms with van der Waals surface area (Å²) in [6.45, 7) is 9.53. The molecule has 2 rings (SSSR count). The van der Waals surface area contributed by atoms with Gasteiger partial charge < -0.3 is 20.1 Å². The van der Waals surface area contributed by atoms with Crippen LogP contribution < -0.4 is 15.4 Å². The monoisotopic (exact) mass is 293 g/mol. The van der Waals surface area contributed by atoms with Gasteiger partial charge in [-0.2, -0.15) is 4.98 Å². The number of hydrogen-bond acceptors (Lipinski definition) is 5. The Morgan fingerprint density at radius 1 is 1.43 bits per heavy atom. The second kappa shape index (κ2) is 7.50. The van der Waals surface area contributed by atoms with Crippen LogP contribution in [0.25, 0.3) is 0 Å². The largest absolute Gasteiger partial charge is 0.476 e. The third-order valence-corrected chi connectivity index (χ3v) is 3.53. The number of rotatable bonds is 6. The fraction of sp³-hybridized carbons (Fsp3) is 0.688. The van der Waals surface area contributed by atoms with E-state index in [0.717, 1.165) is 38.4 Å². The van der Waals surface area contributed by atoms with Crippen molar-refractivity contribution in [3.8, 4) is 5.88 Å². The Balaban J connectivity index is 2.06. The Hall–Kier alpha value is -1.49. The minimum Gasteiger partial charge on any atom is -0.476 e. The van der Waals surface area contributed by atoms with E-state index in [9.17, 15) is 0 Å². The smallest absolute Gasteiger partial charge is 0.239 e. The minimum atomic E-state index is 0.295. The SMILES string of the molecule is CCOC1CCCN(c2ccc(N)c(OCC(C)C)n2)C1. The van der Waals surface area contributed by atoms with Gasteiger partial charge in [0.2, 0.25) is 5.88 Å². The summed E-state index contributed by atoms with van der Waals surface area (Å²) in [4.78, 5) is 6.84. The Morgan fingerprint density at radius 2 is 2.24 bits per heavy atom. The molecule has 1 aromatic rings. The molecule has 118 valence electrons. The second-order valence-electron chi connectivity index (χ2n) is 5.93. The zero-order valence-electron chi connectivity index (χ0n) is 13.3. The van der Waals surface area contributed by atoms with Gasteiger partial charge in [-0.05, 0) is 37.8 Å². The van der Waals surface area contributed by atoms with Gasteiger partial charge in [-0.25, -0.2) is 0 Å². The van der Waals surface area contributed by atoms with E-state index < -0.39 is 0 Å². The van der Waals surface area contributed by atoms with Crippen LogP contribution in [0, 0.1) is 5.92 Å². The standard InChI is InChI=1S/C16H27N3O2/c1-4-20-13-6-5-9-19(10-13)15-8-7-14(17)16(18-15)21-11-12(2)3/h7-8,12-13H,4-6,9-11,17H2,1-3H3. The Labute approximate surface area is 127 Å². The van der Waals surface area contributed by atoms with Gasteiger partial charge in [0.1, 0.15) is 5.82 Å². The number of nitrogens with zero attached hydrogens (tertiary/aromatic N) is 2. The van der Waals surface area contributed by atoms with Crippen molar-refractivity contribution in [2.24, 2.45) is 5.92 Å². The van der Waals surface area contributed by atoms with Crippen molar-refractivity contribution in [3.05, 3.63) is 12.1 Å². The van der Waals surface area contributed by atoms with E-state index >= 15 is 0 Å². The molecular formula is C16H27N3O2. The summed E-state index contributed by atoms with van der Waals surface area (Å²) >= 11 is 0. The van der Waals surface area contributed by atoms with Crippen molar-refractivity contribution in [3.63, 3.8) is 0 Å². The van der Waals surface area contributed by atoms with Gasteiger partial charge in [-0.1, -0.05) is 13.8 Å². The molecule has 0 aliphatic carbocycles. The van der Waals surface area contributed by atoms with Crippen LogP contribution in [0.1, 0.15) is 33.6 Å². The number of ether oxygens (including phenoxy) is 2. The molecule has 1 aliphatic rings. The molecule has 1 aromatic heterocycles. The van der Waals surface area contributed by atoms with E-state index in [-0.39, 0.29) is 0 Å². The first-order chi connectivity index (χ1) is 10.1. The van der Waals surface area contributed by atoms with E-state index in [1.54, 1.807) is 0 Å². The van der Waals surface area contributed by atoms with Crippen LogP contribution in [0.2, 0.25) is 0 Å². The van der Waals surface area contributed by atoms with E-state index in [4.69, 9.17) is 15.2 Å². The molecule has 0 saturated carbocycles. The summed E-state index contributed by atoms with van der Waals surface area (Å²) in [5.41, 5.74) is 6.54. The molecule has 5 nitrogen and oxygen atoms in total. The fourth-order valence-corrected chi connectivity index (χ4v) is 2.50. The molecule has 5 heteroatoms. The quantitative estimate of drug-likeness (QED) is 0.874. The van der Waals surface area contributed by atoms with Gasteiger partial charge >= 0.3 is 0 Å². The van der Waals surface area contributed by atoms with Crippen LogP contribution in [0.15, 0.2) is 12.1 Å². The van der Waals surface area contributed by atoms with Crippen molar-refractivity contribution in [1.82, 2.24) is 4.98 Å². The van der Waals surface area contributed by atoms with Gasteiger partial charge in [-0.3, -0.25) is 0 Å². The molecule has 0 spiro atoms. The molecule has 0 bridgehead atoms. The number of hydrogen-bond donors (Lipinski definition) is 1. The predicted octanol–water partition coefficient (Wildman–Crippen LogP) is 2.70. The molecule has 1 atom stereocenters. The summed E-state index contributed by atoms with van der Waals surface area (Å²) in [7, 11) is 0. The number of pyridine rings is 1. The molecule has 1 unspecified atom stereocenters. The third-order valence-electron chi connectivity index (χ3n) is 3.53. The number of piperidine rings is 1. The summed E-state index contributed by atoms with van der Waals surface area (Å²) in [6, 6.07) is 3.84. The molecule has 1 fully saturated rings. The van der Waals surface area contributed by atoms with Crippen molar-refractivity contribution >= 4 is 11.5 Å². The number of anilines is 2. The lowest BCUT2D eigenvalue weighted by Crippen LogP contribution is -2.40. The van der Waals surface area contributed by atoms with Crippen LogP contribution in [-0.4, -0.2) is 37.4 Å². The van der Waals surface area contributed by atoms with Gasteiger partial charge in [0.05, 0.1) is 18.4 Å². The minimum absolute atomic E-state index is 0.295. The average Bonchev–Trinajstić information content (AvgIpc) is 2.47. The molecule has 1 aliphatic heterocycles. The van der Waals surface area contributed by atoms with Gasteiger partial charge in [-0.15, -0.1) is 0 Å². The predicted molar refractivity (Wildman–Crippen MR) is 85.8 cm³/mol. The Kier molecular flexibility index (Phi) is 5.67. The summed E-state index contributed by atoms with van der Waals surface area (Å²) in [5, 5.41) is 0. The maximum absolute atomic E-state index is 5.95. The normalized spacial score (nSPS) is 19.0. The second-order valence-corrected chi connectivity index (χ2v) is 5.93. The molecule has 0 amide bonds. The first-order valence-corrected chi connectivity index (χ1v) is 7.86. The molecule has 21 heavy (non-hydrogen) atoms. The third kappa shape index (κ3) is 4.49. The van der Waals surface area contributed by atoms with Gasteiger partial charge in [0.25, 0.3) is 0 Å². The molecule has 2 heterocycles. The zero-order chi connectivity index (χ0) is 15.2. The van der Waals surface area contributed by atoms with Crippen LogP contribution in [-0.2, 0) is 4.74 Å². The number of aromatic nitrogens is 1. The zero-order valence-corrected chi connectivity index (χ0v) is 13.3. The highest BCUT2D eigenvalue weighted by Gasteiger charge is 2.21. The number of nitrogen functional groups attached to an aromatic ring is 1. The molecule has 1 saturated heterocycles. The average molecular weight is 293 g/mol. The van der Waals surface area contributed by atoms with E-state index in [1.165, 1.54) is 0 Å². The topological polar surface area (TPSA) is 60.6 Å². The lowest BCUT2D eigenvalue weighted by Gasteiger charge is -2.33. The van der Waals surface area contributed by atoms with Crippen LogP contribution in [0.4, 0.5) is 11.5 Å². The number of nitrogens with two attached hydrogens (primary N) is 1. The van der Waals surface area contributed by atoms with Gasteiger partial charge in [0.15, 0.2) is 0 Å². The van der Waals surface area contributed by atoms with Crippen molar-refractivity contribution < 1.29 is 9.47 Å². The molecular weight excluding hydrogens is 266 g/mol. The van der Waals surface area contributed by atoms with Gasteiger partial charge in [0, 0.05) is 19.7 Å². The highest BCUT2D eigenvalue weighted by molar-refractivity contribution is 5.54. The molecule has 2 N–H and O–H groups in total. The maximum atomic E-state index is 5.95. The lowest BCUT2D eigenvalue weighted by molar-refractivity contribution is 0.0525. The van der Waals surface area contributed by atoms with Crippen molar-refractivity contribution in [1.29, 1.82) is 0 Å². The first-order valence-electron chi connectivity index (χ1n) is 7.86. The van der Waals surface area contributed by atoms with Crippen LogP contribution >= 0.6 is 0 Å². The van der Waals surface area contributed by atoms with Crippen LogP contribution in [0.5, 0.6) is 5.88 Å². The molecule has 0 radical (unpaired) electrons. The van der Waals surface area contributed by atoms with E-state index in [0.29, 0.717) is 30.2 Å². The maximum Gasteiger partial charge on any atom is 0.239 e. The highest BCUT2D eigenvalue weighted by atomic mass is 16.5. The summed E-state index contributed by atoms with van der Waals surface area (Å²) in [6.07, 6.45) is 2.54. The Morgan fingerprint density at radius 3 is 2.95 bits per heavy atom.